The van der Waals surface area contributed by atoms with Crippen molar-refractivity contribution >= 4 is 27.6 Å². The van der Waals surface area contributed by atoms with Crippen LogP contribution in [-0.4, -0.2) is 10.9 Å². The fourth-order valence-corrected chi connectivity index (χ4v) is 2.59. The van der Waals surface area contributed by atoms with Crippen molar-refractivity contribution in [2.45, 2.75) is 13.1 Å². The highest BCUT2D eigenvalue weighted by Crippen LogP contribution is 2.16. The van der Waals surface area contributed by atoms with E-state index in [1.165, 1.54) is 0 Å². The van der Waals surface area contributed by atoms with Crippen LogP contribution in [0.4, 0.5) is 10.5 Å². The summed E-state index contributed by atoms with van der Waals surface area (Å²) in [5.74, 6) is 0.747. The molecule has 2 aromatic carbocycles. The second-order valence-corrected chi connectivity index (χ2v) is 6.27. The first-order valence-corrected chi connectivity index (χ1v) is 8.38. The van der Waals surface area contributed by atoms with E-state index in [1.807, 2.05) is 66.7 Å². The Bertz CT molecular complexity index is 771. The Morgan fingerprint density at radius 1 is 0.958 bits per heavy atom. The molecule has 0 fully saturated rings. The zero-order valence-corrected chi connectivity index (χ0v) is 14.6. The minimum absolute atomic E-state index is 0.169. The van der Waals surface area contributed by atoms with Crippen molar-refractivity contribution in [2.24, 2.45) is 0 Å². The van der Waals surface area contributed by atoms with Gasteiger partial charge in [-0.05, 0) is 42.0 Å². The van der Waals surface area contributed by atoms with Crippen molar-refractivity contribution in [2.75, 3.05) is 5.32 Å². The van der Waals surface area contributed by atoms with Crippen LogP contribution in [0.3, 0.4) is 0 Å². The topological polar surface area (TPSA) is 45.5 Å². The zero-order valence-electron chi connectivity index (χ0n) is 13.0. The molecule has 1 heterocycles. The lowest BCUT2D eigenvalue weighted by Crippen LogP contribution is -2.33. The third kappa shape index (κ3) is 4.49. The number of hydrogen-bond donors (Lipinski definition) is 1. The van der Waals surface area contributed by atoms with Gasteiger partial charge in [0.25, 0.3) is 0 Å². The summed E-state index contributed by atoms with van der Waals surface area (Å²) in [4.78, 5) is 14.4. The predicted molar refractivity (Wildman–Crippen MR) is 97.6 cm³/mol. The molecule has 0 bridgehead atoms. The highest BCUT2D eigenvalue weighted by molar-refractivity contribution is 9.10. The minimum Gasteiger partial charge on any atom is -0.467 e. The molecular weight excluding hydrogens is 368 g/mol. The number of benzene rings is 2. The Morgan fingerprint density at radius 2 is 1.71 bits per heavy atom. The van der Waals surface area contributed by atoms with Gasteiger partial charge in [-0.3, -0.25) is 0 Å². The van der Waals surface area contributed by atoms with Gasteiger partial charge in [-0.25, -0.2) is 4.79 Å². The quantitative estimate of drug-likeness (QED) is 0.650. The van der Waals surface area contributed by atoms with Gasteiger partial charge in [0.2, 0.25) is 0 Å². The molecule has 1 N–H and O–H groups in total. The lowest BCUT2D eigenvalue weighted by molar-refractivity contribution is 0.201. The molecule has 5 heteroatoms. The second-order valence-electron chi connectivity index (χ2n) is 5.36. The fourth-order valence-electron chi connectivity index (χ4n) is 2.33. The molecule has 3 aromatic rings. The summed E-state index contributed by atoms with van der Waals surface area (Å²) < 4.78 is 6.36. The molecule has 0 aliphatic carbocycles. The van der Waals surface area contributed by atoms with Crippen LogP contribution in [0, 0.1) is 0 Å². The van der Waals surface area contributed by atoms with Gasteiger partial charge in [0.15, 0.2) is 0 Å². The molecule has 0 aliphatic rings. The Balaban J connectivity index is 1.74. The Kier molecular flexibility index (Phi) is 5.33. The van der Waals surface area contributed by atoms with Crippen molar-refractivity contribution in [3.8, 4) is 0 Å². The molecular formula is C19H17BrN2O2. The third-order valence-corrected chi connectivity index (χ3v) is 4.05. The Hall–Kier alpha value is -2.53. The van der Waals surface area contributed by atoms with Crippen LogP contribution in [0.5, 0.6) is 0 Å². The van der Waals surface area contributed by atoms with E-state index in [4.69, 9.17) is 4.42 Å². The van der Waals surface area contributed by atoms with Gasteiger partial charge in [-0.2, -0.15) is 0 Å². The number of nitrogens with one attached hydrogen (secondary N) is 1. The van der Waals surface area contributed by atoms with E-state index in [0.29, 0.717) is 13.1 Å². The molecule has 122 valence electrons. The van der Waals surface area contributed by atoms with Crippen LogP contribution in [0.25, 0.3) is 0 Å². The largest absolute Gasteiger partial charge is 0.467 e. The first-order valence-electron chi connectivity index (χ1n) is 7.58. The van der Waals surface area contributed by atoms with Gasteiger partial charge >= 0.3 is 6.03 Å². The summed E-state index contributed by atoms with van der Waals surface area (Å²) in [7, 11) is 0. The molecule has 1 aromatic heterocycles. The van der Waals surface area contributed by atoms with Crippen LogP contribution < -0.4 is 5.32 Å². The highest BCUT2D eigenvalue weighted by Gasteiger charge is 2.16. The molecule has 2 amide bonds. The molecule has 4 nitrogen and oxygen atoms in total. The average Bonchev–Trinajstić information content (AvgIpc) is 3.10. The predicted octanol–water partition coefficient (Wildman–Crippen LogP) is 5.28. The van der Waals surface area contributed by atoms with Crippen LogP contribution >= 0.6 is 15.9 Å². The molecule has 0 radical (unpaired) electrons. The van der Waals surface area contributed by atoms with Crippen molar-refractivity contribution in [1.29, 1.82) is 0 Å². The molecule has 0 spiro atoms. The van der Waals surface area contributed by atoms with Gasteiger partial charge in [-0.15, -0.1) is 0 Å². The van der Waals surface area contributed by atoms with Gasteiger partial charge in [0, 0.05) is 16.7 Å². The number of nitrogens with zero attached hydrogens (tertiary/aromatic N) is 1. The first kappa shape index (κ1) is 16.3. The molecule has 0 saturated carbocycles. The van der Waals surface area contributed by atoms with E-state index >= 15 is 0 Å². The van der Waals surface area contributed by atoms with Crippen LogP contribution in [0.15, 0.2) is 81.9 Å². The SMILES string of the molecule is O=C(Nc1ccc(Br)cc1)N(Cc1ccccc1)Cc1ccco1. The Morgan fingerprint density at radius 3 is 2.38 bits per heavy atom. The standard InChI is InChI=1S/C19H17BrN2O2/c20-16-8-10-17(11-9-16)21-19(23)22(14-18-7-4-12-24-18)13-15-5-2-1-3-6-15/h1-12H,13-14H2,(H,21,23). The number of carbonyl (C=O) groups is 1. The summed E-state index contributed by atoms with van der Waals surface area (Å²) >= 11 is 3.39. The summed E-state index contributed by atoms with van der Waals surface area (Å²) in [6, 6.07) is 20.9. The second kappa shape index (κ2) is 7.84. The van der Waals surface area contributed by atoms with Gasteiger partial charge in [-0.1, -0.05) is 46.3 Å². The van der Waals surface area contributed by atoms with E-state index in [2.05, 4.69) is 21.2 Å². The number of hydrogen-bond acceptors (Lipinski definition) is 2. The molecule has 24 heavy (non-hydrogen) atoms. The monoisotopic (exact) mass is 384 g/mol. The number of carbonyl (C=O) groups excluding carboxylic acids is 1. The third-order valence-electron chi connectivity index (χ3n) is 3.53. The van der Waals surface area contributed by atoms with Crippen molar-refractivity contribution in [3.05, 3.63) is 88.8 Å². The smallest absolute Gasteiger partial charge is 0.322 e. The van der Waals surface area contributed by atoms with Gasteiger partial charge < -0.3 is 14.6 Å². The molecule has 3 rings (SSSR count). The van der Waals surface area contributed by atoms with Crippen LogP contribution in [0.2, 0.25) is 0 Å². The van der Waals surface area contributed by atoms with Crippen molar-refractivity contribution in [3.63, 3.8) is 0 Å². The van der Waals surface area contributed by atoms with Crippen molar-refractivity contribution < 1.29 is 9.21 Å². The summed E-state index contributed by atoms with van der Waals surface area (Å²) in [5.41, 5.74) is 1.82. The zero-order chi connectivity index (χ0) is 16.8. The molecule has 0 atom stereocenters. The van der Waals surface area contributed by atoms with Crippen LogP contribution in [0.1, 0.15) is 11.3 Å². The normalized spacial score (nSPS) is 10.4. The number of halogens is 1. The summed E-state index contributed by atoms with van der Waals surface area (Å²) in [5, 5.41) is 2.93. The first-order chi connectivity index (χ1) is 11.7. The maximum Gasteiger partial charge on any atom is 0.322 e. The van der Waals surface area contributed by atoms with E-state index in [0.717, 1.165) is 21.5 Å². The fraction of sp³-hybridized carbons (Fsp3) is 0.105. The Labute approximate surface area is 149 Å². The summed E-state index contributed by atoms with van der Waals surface area (Å²) in [6.07, 6.45) is 1.61. The van der Waals surface area contributed by atoms with Crippen LogP contribution in [-0.2, 0) is 13.1 Å². The van der Waals surface area contributed by atoms with E-state index in [1.54, 1.807) is 11.2 Å². The number of anilines is 1. The average molecular weight is 385 g/mol. The number of urea groups is 1. The lowest BCUT2D eigenvalue weighted by atomic mass is 10.2. The number of rotatable bonds is 5. The summed E-state index contributed by atoms with van der Waals surface area (Å²) in [6.45, 7) is 0.911. The van der Waals surface area contributed by atoms with Crippen molar-refractivity contribution in [1.82, 2.24) is 4.90 Å². The highest BCUT2D eigenvalue weighted by atomic mass is 79.9. The lowest BCUT2D eigenvalue weighted by Gasteiger charge is -2.22. The maximum atomic E-state index is 12.7. The molecule has 0 unspecified atom stereocenters. The maximum absolute atomic E-state index is 12.7. The number of amides is 2. The van der Waals surface area contributed by atoms with E-state index in [9.17, 15) is 4.79 Å². The number of furan rings is 1. The molecule has 0 aliphatic heterocycles. The minimum atomic E-state index is -0.169. The molecule has 0 saturated heterocycles. The van der Waals surface area contributed by atoms with E-state index in [-0.39, 0.29) is 6.03 Å². The van der Waals surface area contributed by atoms with Gasteiger partial charge in [0.1, 0.15) is 5.76 Å². The van der Waals surface area contributed by atoms with E-state index < -0.39 is 0 Å². The van der Waals surface area contributed by atoms with Gasteiger partial charge in [0.05, 0.1) is 12.8 Å².